The van der Waals surface area contributed by atoms with Crippen LogP contribution in [0.15, 0.2) is 53.0 Å². The van der Waals surface area contributed by atoms with Gasteiger partial charge in [0.15, 0.2) is 0 Å². The minimum atomic E-state index is -0.953. The number of rotatable bonds is 4. The van der Waals surface area contributed by atoms with Gasteiger partial charge in [-0.2, -0.15) is 0 Å². The van der Waals surface area contributed by atoms with Crippen molar-refractivity contribution in [1.82, 2.24) is 0 Å². The van der Waals surface area contributed by atoms with Crippen LogP contribution in [0.2, 0.25) is 0 Å². The molecule has 0 bridgehead atoms. The number of carboxylic acid groups (broad SMARTS) is 1. The van der Waals surface area contributed by atoms with Gasteiger partial charge >= 0.3 is 5.97 Å². The van der Waals surface area contributed by atoms with Crippen LogP contribution in [0.1, 0.15) is 17.0 Å². The van der Waals surface area contributed by atoms with Crippen LogP contribution in [0, 0.1) is 5.82 Å². The van der Waals surface area contributed by atoms with Gasteiger partial charge in [0.25, 0.3) is 0 Å². The van der Waals surface area contributed by atoms with Crippen LogP contribution in [0.25, 0.3) is 0 Å². The Hall–Kier alpha value is -1.68. The maximum Gasteiger partial charge on any atom is 0.311 e. The van der Waals surface area contributed by atoms with Crippen molar-refractivity contribution in [2.45, 2.75) is 12.3 Å². The number of hydrogen-bond acceptors (Lipinski definition) is 1. The van der Waals surface area contributed by atoms with Crippen LogP contribution in [-0.4, -0.2) is 11.1 Å². The molecular weight excluding hydrogens is 311 g/mol. The van der Waals surface area contributed by atoms with E-state index in [-0.39, 0.29) is 0 Å². The van der Waals surface area contributed by atoms with Crippen molar-refractivity contribution in [2.75, 3.05) is 0 Å². The summed E-state index contributed by atoms with van der Waals surface area (Å²) in [5.41, 5.74) is 1.37. The van der Waals surface area contributed by atoms with Crippen LogP contribution in [0.3, 0.4) is 0 Å². The predicted octanol–water partition coefficient (Wildman–Crippen LogP) is 4.00. The molecule has 0 amide bonds. The first-order valence-corrected chi connectivity index (χ1v) is 6.58. The lowest BCUT2D eigenvalue weighted by molar-refractivity contribution is -0.138. The van der Waals surface area contributed by atoms with E-state index in [4.69, 9.17) is 0 Å². The molecule has 0 aliphatic rings. The average Bonchev–Trinajstić information content (AvgIpc) is 2.35. The van der Waals surface area contributed by atoms with E-state index in [0.29, 0.717) is 12.0 Å². The molecular formula is C15H12BrFO2. The molecule has 1 N–H and O–H groups in total. The van der Waals surface area contributed by atoms with Gasteiger partial charge in [-0.15, -0.1) is 0 Å². The standard InChI is InChI=1S/C15H12BrFO2/c16-12-5-1-3-10(7-12)8-14(15(18)19)11-4-2-6-13(17)9-11/h1-7,9,14H,8H2,(H,18,19). The highest BCUT2D eigenvalue weighted by molar-refractivity contribution is 9.10. The van der Waals surface area contributed by atoms with Crippen molar-refractivity contribution >= 4 is 21.9 Å². The molecule has 0 aliphatic heterocycles. The molecule has 0 aliphatic carbocycles. The second-order valence-electron chi connectivity index (χ2n) is 4.28. The summed E-state index contributed by atoms with van der Waals surface area (Å²) < 4.78 is 14.1. The fourth-order valence-corrected chi connectivity index (χ4v) is 2.42. The Morgan fingerprint density at radius 3 is 2.58 bits per heavy atom. The lowest BCUT2D eigenvalue weighted by Crippen LogP contribution is -2.14. The highest BCUT2D eigenvalue weighted by Crippen LogP contribution is 2.23. The summed E-state index contributed by atoms with van der Waals surface area (Å²) in [6.07, 6.45) is 0.332. The van der Waals surface area contributed by atoms with E-state index < -0.39 is 17.7 Å². The van der Waals surface area contributed by atoms with E-state index in [1.54, 1.807) is 6.07 Å². The number of halogens is 2. The van der Waals surface area contributed by atoms with Gasteiger partial charge in [0.05, 0.1) is 5.92 Å². The topological polar surface area (TPSA) is 37.3 Å². The molecule has 2 nitrogen and oxygen atoms in total. The summed E-state index contributed by atoms with van der Waals surface area (Å²) in [4.78, 5) is 11.4. The summed E-state index contributed by atoms with van der Waals surface area (Å²) in [6.45, 7) is 0. The summed E-state index contributed by atoms with van der Waals surface area (Å²) in [6, 6.07) is 13.2. The van der Waals surface area contributed by atoms with Crippen LogP contribution in [0.5, 0.6) is 0 Å². The molecule has 0 saturated heterocycles. The summed E-state index contributed by atoms with van der Waals surface area (Å²) >= 11 is 3.35. The number of carbonyl (C=O) groups is 1. The van der Waals surface area contributed by atoms with Crippen LogP contribution in [-0.2, 0) is 11.2 Å². The van der Waals surface area contributed by atoms with Crippen LogP contribution >= 0.6 is 15.9 Å². The van der Waals surface area contributed by atoms with Crippen LogP contribution in [0.4, 0.5) is 4.39 Å². The Bertz CT molecular complexity index is 598. The number of carboxylic acids is 1. The van der Waals surface area contributed by atoms with Crippen molar-refractivity contribution in [3.8, 4) is 0 Å². The fourth-order valence-electron chi connectivity index (χ4n) is 1.97. The molecule has 19 heavy (non-hydrogen) atoms. The molecule has 0 aromatic heterocycles. The van der Waals surface area contributed by atoms with E-state index >= 15 is 0 Å². The van der Waals surface area contributed by atoms with Gasteiger partial charge in [-0.05, 0) is 41.8 Å². The quantitative estimate of drug-likeness (QED) is 0.923. The number of hydrogen-bond donors (Lipinski definition) is 1. The molecule has 2 rings (SSSR count). The minimum Gasteiger partial charge on any atom is -0.481 e. The van der Waals surface area contributed by atoms with Gasteiger partial charge in [0.2, 0.25) is 0 Å². The Balaban J connectivity index is 2.29. The van der Waals surface area contributed by atoms with E-state index in [1.807, 2.05) is 24.3 Å². The summed E-state index contributed by atoms with van der Waals surface area (Å²) in [7, 11) is 0. The molecule has 2 aromatic carbocycles. The summed E-state index contributed by atoms with van der Waals surface area (Å²) in [5, 5.41) is 9.31. The monoisotopic (exact) mass is 322 g/mol. The molecule has 1 atom stereocenters. The third kappa shape index (κ3) is 3.64. The Labute approximate surface area is 119 Å². The maximum absolute atomic E-state index is 13.2. The molecule has 0 saturated carbocycles. The molecule has 4 heteroatoms. The first kappa shape index (κ1) is 13.7. The van der Waals surface area contributed by atoms with Crippen molar-refractivity contribution < 1.29 is 14.3 Å². The van der Waals surface area contributed by atoms with Crippen molar-refractivity contribution in [1.29, 1.82) is 0 Å². The smallest absolute Gasteiger partial charge is 0.311 e. The van der Waals surface area contributed by atoms with Gasteiger partial charge in [-0.3, -0.25) is 4.79 Å². The Kier molecular flexibility index (Phi) is 4.32. The van der Waals surface area contributed by atoms with Crippen molar-refractivity contribution in [3.63, 3.8) is 0 Å². The Morgan fingerprint density at radius 2 is 1.95 bits per heavy atom. The van der Waals surface area contributed by atoms with Gasteiger partial charge in [-0.25, -0.2) is 4.39 Å². The van der Waals surface area contributed by atoms with E-state index in [1.165, 1.54) is 18.2 Å². The highest BCUT2D eigenvalue weighted by atomic mass is 79.9. The van der Waals surface area contributed by atoms with E-state index in [9.17, 15) is 14.3 Å². The number of benzene rings is 2. The molecule has 0 heterocycles. The van der Waals surface area contributed by atoms with Crippen molar-refractivity contribution in [2.24, 2.45) is 0 Å². The molecule has 98 valence electrons. The normalized spacial score (nSPS) is 12.1. The lowest BCUT2D eigenvalue weighted by atomic mass is 9.92. The molecule has 0 radical (unpaired) electrons. The van der Waals surface area contributed by atoms with Crippen molar-refractivity contribution in [3.05, 3.63) is 69.9 Å². The molecule has 2 aromatic rings. The van der Waals surface area contributed by atoms with Gasteiger partial charge in [0, 0.05) is 4.47 Å². The predicted molar refractivity (Wildman–Crippen MR) is 74.6 cm³/mol. The third-order valence-corrected chi connectivity index (χ3v) is 3.37. The Morgan fingerprint density at radius 1 is 1.21 bits per heavy atom. The average molecular weight is 323 g/mol. The second kappa shape index (κ2) is 5.97. The largest absolute Gasteiger partial charge is 0.481 e. The van der Waals surface area contributed by atoms with Crippen LogP contribution < -0.4 is 0 Å². The van der Waals surface area contributed by atoms with Gasteiger partial charge < -0.3 is 5.11 Å². The van der Waals surface area contributed by atoms with E-state index in [0.717, 1.165) is 10.0 Å². The third-order valence-electron chi connectivity index (χ3n) is 2.88. The maximum atomic E-state index is 13.2. The summed E-state index contributed by atoms with van der Waals surface area (Å²) in [5.74, 6) is -2.12. The first-order valence-electron chi connectivity index (χ1n) is 5.79. The zero-order valence-corrected chi connectivity index (χ0v) is 11.6. The molecule has 1 unspecified atom stereocenters. The number of aliphatic carboxylic acids is 1. The van der Waals surface area contributed by atoms with Gasteiger partial charge in [-0.1, -0.05) is 40.2 Å². The fraction of sp³-hybridized carbons (Fsp3) is 0.133. The zero-order chi connectivity index (χ0) is 13.8. The highest BCUT2D eigenvalue weighted by Gasteiger charge is 2.20. The second-order valence-corrected chi connectivity index (χ2v) is 5.20. The zero-order valence-electron chi connectivity index (χ0n) is 10.0. The van der Waals surface area contributed by atoms with E-state index in [2.05, 4.69) is 15.9 Å². The van der Waals surface area contributed by atoms with Gasteiger partial charge in [0.1, 0.15) is 5.82 Å². The molecule has 0 fully saturated rings. The molecule has 0 spiro atoms. The SMILES string of the molecule is O=C(O)C(Cc1cccc(Br)c1)c1cccc(F)c1. The lowest BCUT2D eigenvalue weighted by Gasteiger charge is -2.13. The minimum absolute atomic E-state index is 0.332. The first-order chi connectivity index (χ1) is 9.06.